The topological polar surface area (TPSA) is 93.2 Å². The van der Waals surface area contributed by atoms with Gasteiger partial charge in [-0.05, 0) is 24.1 Å². The minimum atomic E-state index is -0.141. The Bertz CT molecular complexity index is 901. The predicted octanol–water partition coefficient (Wildman–Crippen LogP) is 2.98. The Morgan fingerprint density at radius 3 is 2.85 bits per heavy atom. The van der Waals surface area contributed by atoms with Gasteiger partial charge >= 0.3 is 0 Å². The Balaban J connectivity index is 0.00000196. The molecule has 7 nitrogen and oxygen atoms in total. The van der Waals surface area contributed by atoms with Gasteiger partial charge in [-0.25, -0.2) is 4.98 Å². The van der Waals surface area contributed by atoms with E-state index in [2.05, 4.69) is 20.8 Å². The molecule has 3 aromatic rings. The van der Waals surface area contributed by atoms with Crippen LogP contribution in [0.3, 0.4) is 0 Å². The van der Waals surface area contributed by atoms with Crippen LogP contribution < -0.4 is 10.6 Å². The fourth-order valence-electron chi connectivity index (χ4n) is 2.92. The van der Waals surface area contributed by atoms with Crippen molar-refractivity contribution < 1.29 is 13.7 Å². The number of fused-ring (bicyclic) bond motifs is 1. The maximum Gasteiger partial charge on any atom is 0.259 e. The zero-order chi connectivity index (χ0) is 17.4. The molecule has 1 fully saturated rings. The SMILES string of the molecule is CC(C)c1noc2nc(-c3ccco3)cc(C(=O)NCC3CNC3)c12.Cl. The second-order valence-electron chi connectivity index (χ2n) is 6.67. The molecule has 138 valence electrons. The van der Waals surface area contributed by atoms with Crippen LogP contribution in [0.2, 0.25) is 0 Å². The van der Waals surface area contributed by atoms with E-state index in [1.54, 1.807) is 24.5 Å². The van der Waals surface area contributed by atoms with Crippen LogP contribution in [0.4, 0.5) is 0 Å². The molecule has 0 spiro atoms. The summed E-state index contributed by atoms with van der Waals surface area (Å²) >= 11 is 0. The molecular weight excluding hydrogens is 356 g/mol. The summed E-state index contributed by atoms with van der Waals surface area (Å²) in [5, 5.41) is 11.0. The highest BCUT2D eigenvalue weighted by Crippen LogP contribution is 2.30. The van der Waals surface area contributed by atoms with Gasteiger partial charge in [0.05, 0.1) is 22.9 Å². The molecule has 1 aliphatic rings. The first kappa shape index (κ1) is 18.4. The maximum absolute atomic E-state index is 12.8. The van der Waals surface area contributed by atoms with Gasteiger partial charge in [0.2, 0.25) is 0 Å². The summed E-state index contributed by atoms with van der Waals surface area (Å²) < 4.78 is 10.8. The van der Waals surface area contributed by atoms with E-state index in [0.29, 0.717) is 40.6 Å². The van der Waals surface area contributed by atoms with Gasteiger partial charge in [-0.15, -0.1) is 12.4 Å². The number of furan rings is 1. The van der Waals surface area contributed by atoms with Crippen molar-refractivity contribution in [3.63, 3.8) is 0 Å². The van der Waals surface area contributed by atoms with E-state index in [1.807, 2.05) is 13.8 Å². The molecule has 0 unspecified atom stereocenters. The molecule has 4 heterocycles. The molecule has 26 heavy (non-hydrogen) atoms. The Morgan fingerprint density at radius 2 is 2.23 bits per heavy atom. The second kappa shape index (κ2) is 7.47. The van der Waals surface area contributed by atoms with E-state index in [9.17, 15) is 4.79 Å². The molecule has 0 radical (unpaired) electrons. The molecule has 0 saturated carbocycles. The molecule has 1 aliphatic heterocycles. The van der Waals surface area contributed by atoms with E-state index < -0.39 is 0 Å². The average Bonchev–Trinajstić information content (AvgIpc) is 3.21. The van der Waals surface area contributed by atoms with Crippen LogP contribution in [0.25, 0.3) is 22.6 Å². The molecule has 1 saturated heterocycles. The standard InChI is InChI=1S/C18H20N4O3.ClH/c1-10(2)16-15-12(17(23)20-9-11-7-19-8-11)6-13(14-4-3-5-24-14)21-18(15)25-22-16;/h3-6,10-11,19H,7-9H2,1-2H3,(H,20,23);1H. The lowest BCUT2D eigenvalue weighted by molar-refractivity contribution is 0.0943. The van der Waals surface area contributed by atoms with Crippen LogP contribution in [-0.4, -0.2) is 35.7 Å². The maximum atomic E-state index is 12.8. The molecule has 0 aromatic carbocycles. The third-order valence-corrected chi connectivity index (χ3v) is 4.46. The lowest BCUT2D eigenvalue weighted by Crippen LogP contribution is -2.48. The number of halogens is 1. The van der Waals surface area contributed by atoms with Crippen LogP contribution in [0, 0.1) is 5.92 Å². The van der Waals surface area contributed by atoms with E-state index in [4.69, 9.17) is 8.94 Å². The monoisotopic (exact) mass is 376 g/mol. The van der Waals surface area contributed by atoms with E-state index in [-0.39, 0.29) is 24.2 Å². The Morgan fingerprint density at radius 1 is 1.42 bits per heavy atom. The molecule has 3 aromatic heterocycles. The highest BCUT2D eigenvalue weighted by Gasteiger charge is 2.24. The van der Waals surface area contributed by atoms with Crippen LogP contribution in [-0.2, 0) is 0 Å². The summed E-state index contributed by atoms with van der Waals surface area (Å²) in [4.78, 5) is 17.3. The van der Waals surface area contributed by atoms with Gasteiger partial charge in [-0.2, -0.15) is 0 Å². The quantitative estimate of drug-likeness (QED) is 0.711. The van der Waals surface area contributed by atoms with Crippen LogP contribution >= 0.6 is 12.4 Å². The van der Waals surface area contributed by atoms with E-state index in [0.717, 1.165) is 18.8 Å². The highest BCUT2D eigenvalue weighted by atomic mass is 35.5. The largest absolute Gasteiger partial charge is 0.463 e. The number of hydrogen-bond donors (Lipinski definition) is 2. The van der Waals surface area contributed by atoms with Gasteiger partial charge in [-0.1, -0.05) is 19.0 Å². The Labute approximate surface area is 156 Å². The number of carbonyl (C=O) groups excluding carboxylic acids is 1. The van der Waals surface area contributed by atoms with Crippen LogP contribution in [0.15, 0.2) is 33.4 Å². The lowest BCUT2D eigenvalue weighted by Gasteiger charge is -2.27. The summed E-state index contributed by atoms with van der Waals surface area (Å²) in [7, 11) is 0. The Kier molecular flexibility index (Phi) is 5.29. The van der Waals surface area contributed by atoms with Crippen molar-refractivity contribution in [3.05, 3.63) is 35.7 Å². The number of nitrogens with one attached hydrogen (secondary N) is 2. The number of carbonyl (C=O) groups is 1. The number of pyridine rings is 1. The zero-order valence-electron chi connectivity index (χ0n) is 14.6. The van der Waals surface area contributed by atoms with Gasteiger partial charge in [0.15, 0.2) is 5.76 Å². The molecule has 0 bridgehead atoms. The minimum absolute atomic E-state index is 0. The molecule has 2 N–H and O–H groups in total. The normalized spacial score (nSPS) is 14.3. The number of nitrogens with zero attached hydrogens (tertiary/aromatic N) is 2. The fourth-order valence-corrected chi connectivity index (χ4v) is 2.92. The van der Waals surface area contributed by atoms with Gasteiger partial charge < -0.3 is 19.6 Å². The van der Waals surface area contributed by atoms with Crippen molar-refractivity contribution in [2.24, 2.45) is 5.92 Å². The first-order chi connectivity index (χ1) is 12.1. The van der Waals surface area contributed by atoms with Crippen LogP contribution in [0.1, 0.15) is 35.8 Å². The highest BCUT2D eigenvalue weighted by molar-refractivity contribution is 6.07. The van der Waals surface area contributed by atoms with Crippen molar-refractivity contribution in [3.8, 4) is 11.5 Å². The summed E-state index contributed by atoms with van der Waals surface area (Å²) in [6, 6.07) is 5.33. The Hall–Kier alpha value is -2.38. The molecule has 0 aliphatic carbocycles. The zero-order valence-corrected chi connectivity index (χ0v) is 15.4. The predicted molar refractivity (Wildman–Crippen MR) is 99.5 cm³/mol. The first-order valence-corrected chi connectivity index (χ1v) is 8.46. The fraction of sp³-hybridized carbons (Fsp3) is 0.389. The number of aromatic nitrogens is 2. The average molecular weight is 377 g/mol. The second-order valence-corrected chi connectivity index (χ2v) is 6.67. The van der Waals surface area contributed by atoms with E-state index in [1.165, 1.54) is 0 Å². The van der Waals surface area contributed by atoms with E-state index >= 15 is 0 Å². The summed E-state index contributed by atoms with van der Waals surface area (Å²) in [6.45, 7) is 6.55. The molecule has 1 amide bonds. The lowest BCUT2D eigenvalue weighted by atomic mass is 10.0. The van der Waals surface area contributed by atoms with Gasteiger partial charge in [0, 0.05) is 25.6 Å². The third kappa shape index (κ3) is 3.32. The van der Waals surface area contributed by atoms with Crippen molar-refractivity contribution in [1.29, 1.82) is 0 Å². The van der Waals surface area contributed by atoms with Crippen molar-refractivity contribution in [1.82, 2.24) is 20.8 Å². The number of amides is 1. The summed E-state index contributed by atoms with van der Waals surface area (Å²) in [6.07, 6.45) is 1.57. The van der Waals surface area contributed by atoms with Crippen molar-refractivity contribution >= 4 is 29.4 Å². The smallest absolute Gasteiger partial charge is 0.259 e. The van der Waals surface area contributed by atoms with Crippen molar-refractivity contribution in [2.45, 2.75) is 19.8 Å². The van der Waals surface area contributed by atoms with Gasteiger partial charge in [-0.3, -0.25) is 4.79 Å². The molecule has 4 rings (SSSR count). The van der Waals surface area contributed by atoms with Crippen LogP contribution in [0.5, 0.6) is 0 Å². The minimum Gasteiger partial charge on any atom is -0.463 e. The third-order valence-electron chi connectivity index (χ3n) is 4.46. The number of rotatable bonds is 5. The molecular formula is C18H21ClN4O3. The summed E-state index contributed by atoms with van der Waals surface area (Å²) in [5.41, 5.74) is 2.17. The first-order valence-electron chi connectivity index (χ1n) is 8.46. The summed E-state index contributed by atoms with van der Waals surface area (Å²) in [5.74, 6) is 1.05. The van der Waals surface area contributed by atoms with Gasteiger partial charge in [0.1, 0.15) is 5.69 Å². The molecule has 0 atom stereocenters. The molecule has 8 heteroatoms. The van der Waals surface area contributed by atoms with Gasteiger partial charge in [0.25, 0.3) is 11.6 Å². The number of hydrogen-bond acceptors (Lipinski definition) is 6. The van der Waals surface area contributed by atoms with Crippen molar-refractivity contribution in [2.75, 3.05) is 19.6 Å².